The zero-order valence-electron chi connectivity index (χ0n) is 12.3. The highest BCUT2D eigenvalue weighted by Gasteiger charge is 2.24. The summed E-state index contributed by atoms with van der Waals surface area (Å²) >= 11 is 12.2. The minimum atomic E-state index is -0.912. The highest BCUT2D eigenvalue weighted by molar-refractivity contribution is 6.43. The summed E-state index contributed by atoms with van der Waals surface area (Å²) in [7, 11) is 1.51. The number of piperazine rings is 1. The van der Waals surface area contributed by atoms with E-state index >= 15 is 0 Å². The highest BCUT2D eigenvalue weighted by atomic mass is 35.5. The first-order chi connectivity index (χ1) is 11.0. The number of carbonyl (C=O) groups is 1. The van der Waals surface area contributed by atoms with Crippen molar-refractivity contribution >= 4 is 45.9 Å². The third kappa shape index (κ3) is 2.94. The molecule has 0 atom stereocenters. The number of methoxy groups -OCH3 is 1. The Morgan fingerprint density at radius 3 is 2.30 bits per heavy atom. The molecular formula is C14H14Cl2N4O3. The number of aromatic nitrogens is 2. The Kier molecular flexibility index (Phi) is 4.32. The van der Waals surface area contributed by atoms with Crippen molar-refractivity contribution in [3.05, 3.63) is 22.2 Å². The van der Waals surface area contributed by atoms with Crippen LogP contribution in [0.15, 0.2) is 12.1 Å². The second-order valence-electron chi connectivity index (χ2n) is 5.10. The minimum Gasteiger partial charge on any atom is -0.479 e. The van der Waals surface area contributed by atoms with Crippen molar-refractivity contribution in [1.29, 1.82) is 0 Å². The molecule has 1 amide bonds. The van der Waals surface area contributed by atoms with Gasteiger partial charge in [0.05, 0.1) is 22.5 Å². The molecule has 7 nitrogen and oxygen atoms in total. The Hall–Kier alpha value is -1.99. The summed E-state index contributed by atoms with van der Waals surface area (Å²) in [4.78, 5) is 14.4. The van der Waals surface area contributed by atoms with Gasteiger partial charge < -0.3 is 19.6 Å². The normalized spacial score (nSPS) is 15.1. The molecule has 0 bridgehead atoms. The molecule has 1 saturated heterocycles. The number of amides is 1. The number of halogens is 2. The lowest BCUT2D eigenvalue weighted by molar-refractivity contribution is 0.142. The number of carboxylic acid groups (broad SMARTS) is 1. The van der Waals surface area contributed by atoms with Crippen molar-refractivity contribution < 1.29 is 14.6 Å². The fourth-order valence-electron chi connectivity index (χ4n) is 2.60. The van der Waals surface area contributed by atoms with Gasteiger partial charge in [-0.15, -0.1) is 10.2 Å². The Labute approximate surface area is 142 Å². The standard InChI is InChI=1S/C14H14Cl2N4O3/c1-23-13-9-7-11(16)10(15)6-8(9)12(17-18-13)19-2-4-20(5-3-19)14(21)22/h6-7H,2-5H2,1H3,(H,21,22). The van der Waals surface area contributed by atoms with E-state index in [-0.39, 0.29) is 0 Å². The predicted octanol–water partition coefficient (Wildman–Crippen LogP) is 2.75. The molecule has 1 fully saturated rings. The molecule has 122 valence electrons. The van der Waals surface area contributed by atoms with Gasteiger partial charge in [-0.3, -0.25) is 0 Å². The number of hydrogen-bond acceptors (Lipinski definition) is 5. The molecule has 1 N–H and O–H groups in total. The molecular weight excluding hydrogens is 343 g/mol. The molecule has 9 heteroatoms. The summed E-state index contributed by atoms with van der Waals surface area (Å²) in [6, 6.07) is 3.43. The number of benzene rings is 1. The quantitative estimate of drug-likeness (QED) is 0.891. The van der Waals surface area contributed by atoms with Crippen LogP contribution in [0.3, 0.4) is 0 Å². The van der Waals surface area contributed by atoms with Gasteiger partial charge >= 0.3 is 6.09 Å². The van der Waals surface area contributed by atoms with Crippen LogP contribution in [0.4, 0.5) is 10.6 Å². The maximum atomic E-state index is 11.0. The van der Waals surface area contributed by atoms with Gasteiger partial charge in [0, 0.05) is 31.6 Å². The molecule has 0 saturated carbocycles. The number of anilines is 1. The van der Waals surface area contributed by atoms with E-state index in [0.717, 1.165) is 5.39 Å². The largest absolute Gasteiger partial charge is 0.479 e. The van der Waals surface area contributed by atoms with Crippen molar-refractivity contribution in [1.82, 2.24) is 15.1 Å². The van der Waals surface area contributed by atoms with Gasteiger partial charge in [0.2, 0.25) is 5.88 Å². The van der Waals surface area contributed by atoms with Crippen LogP contribution in [-0.2, 0) is 0 Å². The molecule has 1 aromatic carbocycles. The van der Waals surface area contributed by atoms with Gasteiger partial charge in [0.25, 0.3) is 0 Å². The Bertz CT molecular complexity index is 763. The maximum Gasteiger partial charge on any atom is 0.407 e. The van der Waals surface area contributed by atoms with Gasteiger partial charge in [-0.25, -0.2) is 4.79 Å². The lowest BCUT2D eigenvalue weighted by atomic mass is 10.1. The SMILES string of the molecule is COc1nnc(N2CCN(C(=O)O)CC2)c2cc(Cl)c(Cl)cc12. The summed E-state index contributed by atoms with van der Waals surface area (Å²) in [6.07, 6.45) is -0.912. The van der Waals surface area contributed by atoms with Gasteiger partial charge in [-0.05, 0) is 12.1 Å². The van der Waals surface area contributed by atoms with Crippen LogP contribution in [-0.4, -0.2) is 59.6 Å². The lowest BCUT2D eigenvalue weighted by Gasteiger charge is -2.34. The van der Waals surface area contributed by atoms with E-state index in [1.165, 1.54) is 12.0 Å². The van der Waals surface area contributed by atoms with E-state index in [1.54, 1.807) is 12.1 Å². The molecule has 2 heterocycles. The first-order valence-corrected chi connectivity index (χ1v) is 7.69. The number of fused-ring (bicyclic) bond motifs is 1. The van der Waals surface area contributed by atoms with Gasteiger partial charge in [-0.1, -0.05) is 23.2 Å². The summed E-state index contributed by atoms with van der Waals surface area (Å²) in [6.45, 7) is 1.88. The monoisotopic (exact) mass is 356 g/mol. The third-order valence-electron chi connectivity index (χ3n) is 3.81. The van der Waals surface area contributed by atoms with Crippen LogP contribution in [0.5, 0.6) is 5.88 Å². The average Bonchev–Trinajstić information content (AvgIpc) is 2.55. The number of nitrogens with zero attached hydrogens (tertiary/aromatic N) is 4. The third-order valence-corrected chi connectivity index (χ3v) is 4.53. The highest BCUT2D eigenvalue weighted by Crippen LogP contribution is 2.36. The zero-order chi connectivity index (χ0) is 16.6. The van der Waals surface area contributed by atoms with E-state index in [9.17, 15) is 4.79 Å². The van der Waals surface area contributed by atoms with Gasteiger partial charge in [-0.2, -0.15) is 0 Å². The molecule has 23 heavy (non-hydrogen) atoms. The second kappa shape index (κ2) is 6.25. The topological polar surface area (TPSA) is 78.8 Å². The van der Waals surface area contributed by atoms with Crippen LogP contribution < -0.4 is 9.64 Å². The Morgan fingerprint density at radius 1 is 1.13 bits per heavy atom. The summed E-state index contributed by atoms with van der Waals surface area (Å²) in [5, 5.41) is 19.7. The Morgan fingerprint density at radius 2 is 1.74 bits per heavy atom. The van der Waals surface area contributed by atoms with Crippen LogP contribution in [0.25, 0.3) is 10.8 Å². The molecule has 0 unspecified atom stereocenters. The summed E-state index contributed by atoms with van der Waals surface area (Å²) in [5.41, 5.74) is 0. The molecule has 0 aliphatic carbocycles. The number of rotatable bonds is 2. The molecule has 3 rings (SSSR count). The molecule has 0 radical (unpaired) electrons. The van der Waals surface area contributed by atoms with Crippen molar-refractivity contribution in [2.75, 3.05) is 38.2 Å². The van der Waals surface area contributed by atoms with Gasteiger partial charge in [0.15, 0.2) is 5.82 Å². The average molecular weight is 357 g/mol. The van der Waals surface area contributed by atoms with Crippen molar-refractivity contribution in [3.8, 4) is 5.88 Å². The van der Waals surface area contributed by atoms with E-state index in [2.05, 4.69) is 10.2 Å². The molecule has 2 aromatic rings. The fraction of sp³-hybridized carbons (Fsp3) is 0.357. The smallest absolute Gasteiger partial charge is 0.407 e. The molecule has 1 aliphatic heterocycles. The second-order valence-corrected chi connectivity index (χ2v) is 5.92. The van der Waals surface area contributed by atoms with Crippen molar-refractivity contribution in [3.63, 3.8) is 0 Å². The van der Waals surface area contributed by atoms with E-state index < -0.39 is 6.09 Å². The van der Waals surface area contributed by atoms with Crippen LogP contribution >= 0.6 is 23.2 Å². The molecule has 0 spiro atoms. The summed E-state index contributed by atoms with van der Waals surface area (Å²) < 4.78 is 5.23. The van der Waals surface area contributed by atoms with Gasteiger partial charge in [0.1, 0.15) is 0 Å². The fourth-order valence-corrected chi connectivity index (χ4v) is 2.93. The van der Waals surface area contributed by atoms with Crippen molar-refractivity contribution in [2.24, 2.45) is 0 Å². The minimum absolute atomic E-state index is 0.367. The van der Waals surface area contributed by atoms with E-state index in [0.29, 0.717) is 53.3 Å². The number of ether oxygens (including phenoxy) is 1. The lowest BCUT2D eigenvalue weighted by Crippen LogP contribution is -2.48. The van der Waals surface area contributed by atoms with Crippen LogP contribution in [0.1, 0.15) is 0 Å². The van der Waals surface area contributed by atoms with E-state index in [4.69, 9.17) is 33.0 Å². The number of hydrogen-bond donors (Lipinski definition) is 1. The zero-order valence-corrected chi connectivity index (χ0v) is 13.8. The van der Waals surface area contributed by atoms with Crippen molar-refractivity contribution in [2.45, 2.75) is 0 Å². The predicted molar refractivity (Wildman–Crippen MR) is 87.9 cm³/mol. The maximum absolute atomic E-state index is 11.0. The van der Waals surface area contributed by atoms with E-state index in [1.807, 2.05) is 4.90 Å². The Balaban J connectivity index is 2.02. The molecule has 1 aromatic heterocycles. The summed E-state index contributed by atoms with van der Waals surface area (Å²) in [5.74, 6) is 1.01. The van der Waals surface area contributed by atoms with Crippen LogP contribution in [0.2, 0.25) is 10.0 Å². The molecule has 1 aliphatic rings. The first kappa shape index (κ1) is 15.9. The first-order valence-electron chi connectivity index (χ1n) is 6.93. The van der Waals surface area contributed by atoms with Crippen LogP contribution in [0, 0.1) is 0 Å².